The van der Waals surface area contributed by atoms with Crippen LogP contribution in [0.3, 0.4) is 0 Å². The van der Waals surface area contributed by atoms with Crippen LogP contribution in [0.25, 0.3) is 5.32 Å². The van der Waals surface area contributed by atoms with Crippen molar-refractivity contribution >= 4 is 6.09 Å². The zero-order valence-electron chi connectivity index (χ0n) is 4.17. The van der Waals surface area contributed by atoms with Gasteiger partial charge in [0, 0.05) is 21.1 Å². The molecule has 0 heterocycles. The zero-order chi connectivity index (χ0) is 4.99. The van der Waals surface area contributed by atoms with Crippen LogP contribution < -0.4 is 0 Å². The summed E-state index contributed by atoms with van der Waals surface area (Å²) < 4.78 is 4.09. The maximum atomic E-state index is 9.79. The number of carbonyl (C=O) groups is 1. The monoisotopic (exact) mass is 272 g/mol. The summed E-state index contributed by atoms with van der Waals surface area (Å²) in [5.74, 6) is 0. The zero-order valence-corrected chi connectivity index (χ0v) is 7.11. The Bertz CT molecular complexity index is 50.9. The smallest absolute Gasteiger partial charge is 0.228 e. The molecule has 0 saturated heterocycles. The fraction of sp³-hybridized carbons (Fsp3) is 0.667. The average Bonchev–Trinajstić information content (AvgIpc) is 1.65. The van der Waals surface area contributed by atoms with Gasteiger partial charge in [-0.05, 0) is 0 Å². The number of amides is 1. The molecule has 0 bridgehead atoms. The Labute approximate surface area is 56.7 Å². The Morgan fingerprint density at radius 2 is 2.14 bits per heavy atom. The summed E-state index contributed by atoms with van der Waals surface area (Å²) >= 11 is 0. The first-order valence-corrected chi connectivity index (χ1v) is 1.49. The van der Waals surface area contributed by atoms with Gasteiger partial charge in [-0.1, -0.05) is 0 Å². The predicted molar refractivity (Wildman–Crippen MR) is 21.7 cm³/mol. The van der Waals surface area contributed by atoms with Crippen LogP contribution in [0.5, 0.6) is 0 Å². The van der Waals surface area contributed by atoms with Gasteiger partial charge in [-0.25, -0.2) is 0 Å². The molecule has 0 aliphatic carbocycles. The van der Waals surface area contributed by atoms with Gasteiger partial charge >= 0.3 is 0 Å². The maximum Gasteiger partial charge on any atom is 0.228 e. The minimum Gasteiger partial charge on any atom is -0.620 e. The van der Waals surface area contributed by atoms with Crippen molar-refractivity contribution in [1.82, 2.24) is 0 Å². The normalized spacial score (nSPS) is 6.00. The summed E-state index contributed by atoms with van der Waals surface area (Å²) in [5.41, 5.74) is 0. The Morgan fingerprint density at radius 1 is 1.71 bits per heavy atom. The second-order valence-electron chi connectivity index (χ2n) is 0.694. The molecule has 0 aromatic rings. The van der Waals surface area contributed by atoms with Crippen LogP contribution in [-0.2, 0) is 25.8 Å². The molecule has 0 aromatic heterocycles. The minimum absolute atomic E-state index is 0. The molecule has 0 aliphatic rings. The third kappa shape index (κ3) is 5.96. The van der Waals surface area contributed by atoms with Crippen molar-refractivity contribution in [2.75, 3.05) is 14.2 Å². The minimum atomic E-state index is -0.532. The third-order valence-corrected chi connectivity index (χ3v) is 0.357. The van der Waals surface area contributed by atoms with Crippen molar-refractivity contribution in [3.05, 3.63) is 5.32 Å². The van der Waals surface area contributed by atoms with E-state index in [9.17, 15) is 4.79 Å². The van der Waals surface area contributed by atoms with E-state index >= 15 is 0 Å². The van der Waals surface area contributed by atoms with E-state index in [0.717, 1.165) is 0 Å². The molecule has 0 unspecified atom stereocenters. The summed E-state index contributed by atoms with van der Waals surface area (Å²) in [5, 5.41) is 3.15. The van der Waals surface area contributed by atoms with Gasteiger partial charge in [0.25, 0.3) is 0 Å². The molecule has 7 heavy (non-hydrogen) atoms. The Hall–Kier alpha value is -0.0417. The summed E-state index contributed by atoms with van der Waals surface area (Å²) in [7, 11) is 2.67. The maximum absolute atomic E-state index is 9.79. The SMILES string of the molecule is C[N-]C(=O)OC.[W]. The summed E-state index contributed by atoms with van der Waals surface area (Å²) in [4.78, 5) is 9.79. The van der Waals surface area contributed by atoms with Gasteiger partial charge in [0.15, 0.2) is 0 Å². The number of carbonyl (C=O) groups excluding carboxylic acids is 1. The van der Waals surface area contributed by atoms with Crippen LogP contribution >= 0.6 is 0 Å². The number of hydrogen-bond donors (Lipinski definition) is 0. The largest absolute Gasteiger partial charge is 0.620 e. The summed E-state index contributed by atoms with van der Waals surface area (Å²) in [6.45, 7) is 0. The number of methoxy groups -OCH3 is 1. The number of ether oxygens (including phenoxy) is 1. The first-order valence-electron chi connectivity index (χ1n) is 1.49. The van der Waals surface area contributed by atoms with Crippen molar-refractivity contribution in [2.45, 2.75) is 0 Å². The van der Waals surface area contributed by atoms with E-state index in [1.54, 1.807) is 0 Å². The van der Waals surface area contributed by atoms with Crippen molar-refractivity contribution in [3.63, 3.8) is 0 Å². The molecule has 3 nitrogen and oxygen atoms in total. The van der Waals surface area contributed by atoms with Gasteiger partial charge in [-0.15, -0.1) is 7.05 Å². The van der Waals surface area contributed by atoms with Gasteiger partial charge in [-0.3, -0.25) is 4.79 Å². The van der Waals surface area contributed by atoms with E-state index in [1.807, 2.05) is 0 Å². The van der Waals surface area contributed by atoms with E-state index in [2.05, 4.69) is 10.1 Å². The van der Waals surface area contributed by atoms with Gasteiger partial charge in [0.05, 0.1) is 7.11 Å². The van der Waals surface area contributed by atoms with Gasteiger partial charge in [-0.2, -0.15) is 0 Å². The second kappa shape index (κ2) is 5.96. The molecular weight excluding hydrogens is 266 g/mol. The molecule has 0 N–H and O–H groups in total. The molecule has 0 radical (unpaired) electrons. The van der Waals surface area contributed by atoms with Crippen molar-refractivity contribution in [2.24, 2.45) is 0 Å². The standard InChI is InChI=1S/C3H7NO2.W/c1-4-3(5)6-2;/h1-2H3,(H,4,5);/p-1. The van der Waals surface area contributed by atoms with E-state index in [4.69, 9.17) is 0 Å². The Balaban J connectivity index is 0. The Kier molecular flexibility index (Phi) is 8.55. The van der Waals surface area contributed by atoms with E-state index in [0.29, 0.717) is 0 Å². The van der Waals surface area contributed by atoms with Crippen LogP contribution in [0.4, 0.5) is 4.79 Å². The first-order chi connectivity index (χ1) is 2.81. The average molecular weight is 272 g/mol. The molecule has 4 heteroatoms. The Morgan fingerprint density at radius 3 is 2.14 bits per heavy atom. The fourth-order valence-corrected chi connectivity index (χ4v) is 0.0913. The molecule has 0 fully saturated rings. The molecular formula is C3H6NO2W-. The molecule has 42 valence electrons. The van der Waals surface area contributed by atoms with Crippen molar-refractivity contribution < 1.29 is 30.6 Å². The van der Waals surface area contributed by atoms with Crippen LogP contribution in [0, 0.1) is 0 Å². The quantitative estimate of drug-likeness (QED) is 0.653. The van der Waals surface area contributed by atoms with Crippen LogP contribution in [0.15, 0.2) is 0 Å². The topological polar surface area (TPSA) is 40.4 Å². The first kappa shape index (κ1) is 10.0. The molecule has 1 amide bonds. The third-order valence-electron chi connectivity index (χ3n) is 0.357. The van der Waals surface area contributed by atoms with E-state index in [1.165, 1.54) is 14.2 Å². The van der Waals surface area contributed by atoms with E-state index in [-0.39, 0.29) is 21.1 Å². The van der Waals surface area contributed by atoms with Gasteiger partial charge in [0.2, 0.25) is 6.09 Å². The number of rotatable bonds is 0. The predicted octanol–water partition coefficient (Wildman–Crippen LogP) is 0.754. The summed E-state index contributed by atoms with van der Waals surface area (Å²) in [6, 6.07) is 0. The van der Waals surface area contributed by atoms with Crippen LogP contribution in [0.1, 0.15) is 0 Å². The molecule has 0 atom stereocenters. The van der Waals surface area contributed by atoms with Crippen molar-refractivity contribution in [3.8, 4) is 0 Å². The van der Waals surface area contributed by atoms with Crippen molar-refractivity contribution in [1.29, 1.82) is 0 Å². The molecule has 0 spiro atoms. The fourth-order valence-electron chi connectivity index (χ4n) is 0.0913. The molecule has 0 aromatic carbocycles. The van der Waals surface area contributed by atoms with Gasteiger partial charge in [0.1, 0.15) is 0 Å². The van der Waals surface area contributed by atoms with Crippen LogP contribution in [-0.4, -0.2) is 20.3 Å². The molecule has 0 rings (SSSR count). The molecule has 0 saturated carbocycles. The van der Waals surface area contributed by atoms with E-state index < -0.39 is 6.09 Å². The van der Waals surface area contributed by atoms with Gasteiger partial charge < -0.3 is 10.1 Å². The van der Waals surface area contributed by atoms with Crippen LogP contribution in [0.2, 0.25) is 0 Å². The second-order valence-corrected chi connectivity index (χ2v) is 0.694. The number of hydrogen-bond acceptors (Lipinski definition) is 2. The molecule has 0 aliphatic heterocycles. The number of nitrogens with zero attached hydrogens (tertiary/aromatic N) is 1. The summed E-state index contributed by atoms with van der Waals surface area (Å²) in [6.07, 6.45) is -0.532.